The molecule has 1 aromatic heterocycles. The molecule has 1 fully saturated rings. The Morgan fingerprint density at radius 3 is 2.58 bits per heavy atom. The maximum Gasteiger partial charge on any atom is 0.313 e. The van der Waals surface area contributed by atoms with E-state index < -0.39 is 17.6 Å². The van der Waals surface area contributed by atoms with E-state index in [0.29, 0.717) is 19.0 Å². The molecule has 1 aliphatic heterocycles. The molecule has 7 heteroatoms. The van der Waals surface area contributed by atoms with E-state index in [-0.39, 0.29) is 5.69 Å². The first-order valence-electron chi connectivity index (χ1n) is 8.73. The first-order valence-corrected chi connectivity index (χ1v) is 9.61. The van der Waals surface area contributed by atoms with Gasteiger partial charge in [-0.25, -0.2) is 4.39 Å². The maximum atomic E-state index is 13.5. The number of piperidine rings is 1. The molecular formula is C19H22FN3O2S. The van der Waals surface area contributed by atoms with Crippen LogP contribution in [0.5, 0.6) is 0 Å². The average molecular weight is 375 g/mol. The number of anilines is 1. The number of amides is 2. The van der Waals surface area contributed by atoms with Crippen LogP contribution in [0.15, 0.2) is 41.8 Å². The van der Waals surface area contributed by atoms with E-state index in [1.165, 1.54) is 23.1 Å². The van der Waals surface area contributed by atoms with Crippen LogP contribution in [0.25, 0.3) is 0 Å². The first-order chi connectivity index (χ1) is 12.6. The molecule has 0 spiro atoms. The molecule has 1 aromatic carbocycles. The molecule has 2 heterocycles. The lowest BCUT2D eigenvalue weighted by molar-refractivity contribution is -0.136. The minimum Gasteiger partial charge on any atom is -0.347 e. The fourth-order valence-corrected chi connectivity index (χ4v) is 4.01. The summed E-state index contributed by atoms with van der Waals surface area (Å²) in [6.07, 6.45) is 2.23. The summed E-state index contributed by atoms with van der Waals surface area (Å²) >= 11 is 1.81. The molecule has 2 aromatic rings. The summed E-state index contributed by atoms with van der Waals surface area (Å²) in [4.78, 5) is 27.4. The molecule has 138 valence electrons. The molecule has 2 amide bonds. The van der Waals surface area contributed by atoms with E-state index >= 15 is 0 Å². The van der Waals surface area contributed by atoms with Crippen molar-refractivity contribution in [2.45, 2.75) is 18.8 Å². The predicted molar refractivity (Wildman–Crippen MR) is 101 cm³/mol. The smallest absolute Gasteiger partial charge is 0.313 e. The van der Waals surface area contributed by atoms with Gasteiger partial charge < -0.3 is 15.5 Å². The van der Waals surface area contributed by atoms with Crippen molar-refractivity contribution < 1.29 is 14.0 Å². The topological polar surface area (TPSA) is 61.4 Å². The number of carbonyl (C=O) groups excluding carboxylic acids is 2. The van der Waals surface area contributed by atoms with Crippen molar-refractivity contribution in [2.24, 2.45) is 0 Å². The third-order valence-corrected chi connectivity index (χ3v) is 5.61. The number of nitrogens with zero attached hydrogens (tertiary/aromatic N) is 1. The number of hydrogen-bond acceptors (Lipinski definition) is 4. The Hall–Kier alpha value is -2.25. The lowest BCUT2D eigenvalue weighted by Gasteiger charge is -2.31. The number of benzene rings is 1. The van der Waals surface area contributed by atoms with Crippen LogP contribution in [-0.4, -0.2) is 42.9 Å². The molecule has 3 rings (SSSR count). The number of rotatable bonds is 5. The molecule has 26 heavy (non-hydrogen) atoms. The largest absolute Gasteiger partial charge is 0.347 e. The van der Waals surface area contributed by atoms with Gasteiger partial charge in [0.05, 0.1) is 5.69 Å². The second-order valence-corrected chi connectivity index (χ2v) is 7.30. The van der Waals surface area contributed by atoms with Crippen LogP contribution in [0.1, 0.15) is 23.6 Å². The van der Waals surface area contributed by atoms with Crippen molar-refractivity contribution in [3.05, 3.63) is 52.5 Å². The van der Waals surface area contributed by atoms with Crippen LogP contribution in [0.2, 0.25) is 0 Å². The van der Waals surface area contributed by atoms with E-state index in [0.717, 1.165) is 25.9 Å². The Morgan fingerprint density at radius 2 is 1.88 bits per heavy atom. The summed E-state index contributed by atoms with van der Waals surface area (Å²) in [5, 5.41) is 6.99. The highest BCUT2D eigenvalue weighted by Crippen LogP contribution is 2.30. The maximum absolute atomic E-state index is 13.5. The van der Waals surface area contributed by atoms with Gasteiger partial charge in [-0.3, -0.25) is 9.59 Å². The quantitative estimate of drug-likeness (QED) is 0.790. The van der Waals surface area contributed by atoms with Gasteiger partial charge in [-0.15, -0.1) is 11.3 Å². The molecule has 0 radical (unpaired) electrons. The van der Waals surface area contributed by atoms with Gasteiger partial charge >= 0.3 is 11.8 Å². The third kappa shape index (κ3) is 4.89. The van der Waals surface area contributed by atoms with Crippen molar-refractivity contribution in [1.82, 2.24) is 10.2 Å². The lowest BCUT2D eigenvalue weighted by atomic mass is 9.95. The van der Waals surface area contributed by atoms with E-state index in [4.69, 9.17) is 0 Å². The van der Waals surface area contributed by atoms with Crippen LogP contribution in [0, 0.1) is 5.82 Å². The Labute approximate surface area is 156 Å². The Balaban J connectivity index is 1.36. The van der Waals surface area contributed by atoms with Crippen LogP contribution < -0.4 is 10.6 Å². The minimum atomic E-state index is -0.855. The number of likely N-dealkylation sites (tertiary alicyclic amines) is 1. The molecule has 5 nitrogen and oxygen atoms in total. The molecule has 0 saturated carbocycles. The van der Waals surface area contributed by atoms with Gasteiger partial charge in [0.15, 0.2) is 0 Å². The number of para-hydroxylation sites is 1. The molecule has 1 saturated heterocycles. The summed E-state index contributed by atoms with van der Waals surface area (Å²) in [6.45, 7) is 3.07. The SMILES string of the molecule is O=C(NCCN1CCC(c2cccs2)CC1)C(=O)Nc1ccccc1F. The van der Waals surface area contributed by atoms with Crippen LogP contribution in [0.4, 0.5) is 10.1 Å². The van der Waals surface area contributed by atoms with Gasteiger partial charge in [-0.05, 0) is 55.4 Å². The standard InChI is InChI=1S/C19H22FN3O2S/c20-15-4-1-2-5-16(15)22-19(25)18(24)21-9-12-23-10-7-14(8-11-23)17-6-3-13-26-17/h1-6,13-14H,7-12H2,(H,21,24)(H,22,25). The zero-order chi connectivity index (χ0) is 18.4. The number of hydrogen-bond donors (Lipinski definition) is 2. The van der Waals surface area contributed by atoms with Crippen molar-refractivity contribution in [3.8, 4) is 0 Å². The van der Waals surface area contributed by atoms with E-state index in [2.05, 4.69) is 33.0 Å². The van der Waals surface area contributed by atoms with Gasteiger partial charge in [0.1, 0.15) is 5.82 Å². The van der Waals surface area contributed by atoms with E-state index in [9.17, 15) is 14.0 Å². The van der Waals surface area contributed by atoms with Crippen molar-refractivity contribution >= 4 is 28.8 Å². The number of thiophene rings is 1. The number of carbonyl (C=O) groups is 2. The van der Waals surface area contributed by atoms with Gasteiger partial charge in [-0.2, -0.15) is 0 Å². The second-order valence-electron chi connectivity index (χ2n) is 6.32. The van der Waals surface area contributed by atoms with Crippen LogP contribution >= 0.6 is 11.3 Å². The van der Waals surface area contributed by atoms with Gasteiger partial charge in [0.25, 0.3) is 0 Å². The third-order valence-electron chi connectivity index (χ3n) is 4.58. The predicted octanol–water partition coefficient (Wildman–Crippen LogP) is 2.82. The van der Waals surface area contributed by atoms with E-state index in [1.807, 2.05) is 11.3 Å². The zero-order valence-electron chi connectivity index (χ0n) is 14.4. The molecular weight excluding hydrogens is 353 g/mol. The first kappa shape index (κ1) is 18.5. The average Bonchev–Trinajstić information content (AvgIpc) is 3.19. The molecule has 0 unspecified atom stereocenters. The Morgan fingerprint density at radius 1 is 1.12 bits per heavy atom. The van der Waals surface area contributed by atoms with Gasteiger partial charge in [0.2, 0.25) is 0 Å². The summed E-state index contributed by atoms with van der Waals surface area (Å²) in [5.74, 6) is -1.54. The number of halogens is 1. The van der Waals surface area contributed by atoms with Crippen molar-refractivity contribution in [3.63, 3.8) is 0 Å². The molecule has 2 N–H and O–H groups in total. The Kier molecular flexibility index (Phi) is 6.35. The van der Waals surface area contributed by atoms with Crippen LogP contribution in [-0.2, 0) is 9.59 Å². The van der Waals surface area contributed by atoms with Gasteiger partial charge in [-0.1, -0.05) is 18.2 Å². The van der Waals surface area contributed by atoms with Crippen molar-refractivity contribution in [1.29, 1.82) is 0 Å². The highest BCUT2D eigenvalue weighted by atomic mass is 32.1. The lowest BCUT2D eigenvalue weighted by Crippen LogP contribution is -2.42. The van der Waals surface area contributed by atoms with Crippen molar-refractivity contribution in [2.75, 3.05) is 31.5 Å². The molecule has 0 aliphatic carbocycles. The zero-order valence-corrected chi connectivity index (χ0v) is 15.2. The summed E-state index contributed by atoms with van der Waals surface area (Å²) in [7, 11) is 0. The monoisotopic (exact) mass is 375 g/mol. The molecule has 0 bridgehead atoms. The Bertz CT molecular complexity index is 743. The van der Waals surface area contributed by atoms with E-state index in [1.54, 1.807) is 6.07 Å². The summed E-state index contributed by atoms with van der Waals surface area (Å²) in [6, 6.07) is 10.0. The number of nitrogens with one attached hydrogen (secondary N) is 2. The highest BCUT2D eigenvalue weighted by Gasteiger charge is 2.21. The molecule has 0 atom stereocenters. The second kappa shape index (κ2) is 8.91. The fourth-order valence-electron chi connectivity index (χ4n) is 3.11. The fraction of sp³-hybridized carbons (Fsp3) is 0.368. The summed E-state index contributed by atoms with van der Waals surface area (Å²) in [5.41, 5.74) is 0.00305. The van der Waals surface area contributed by atoms with Gasteiger partial charge in [0, 0.05) is 18.0 Å². The summed E-state index contributed by atoms with van der Waals surface area (Å²) < 4.78 is 13.5. The highest BCUT2D eigenvalue weighted by molar-refractivity contribution is 7.10. The minimum absolute atomic E-state index is 0.00305. The van der Waals surface area contributed by atoms with Crippen LogP contribution in [0.3, 0.4) is 0 Å². The normalized spacial score (nSPS) is 15.6. The molecule has 1 aliphatic rings.